The summed E-state index contributed by atoms with van der Waals surface area (Å²) in [6.07, 6.45) is 5.48. The summed E-state index contributed by atoms with van der Waals surface area (Å²) in [7, 11) is 0. The number of aliphatic imine (C=N–C) groups is 1. The summed E-state index contributed by atoms with van der Waals surface area (Å²) in [6.45, 7) is 2.60. The number of hydrogen-bond acceptors (Lipinski definition) is 4. The maximum atomic E-state index is 12.2. The first-order valence-electron chi connectivity index (χ1n) is 6.61. The second kappa shape index (κ2) is 4.34. The minimum Gasteiger partial charge on any atom is -0.492 e. The number of H-pyrrole nitrogens is 1. The SMILES string of the molecule is CC1=NC(=O)C2SC(c3cn[nH]c3)=C3OCCCC1=C32. The van der Waals surface area contributed by atoms with Crippen LogP contribution in [0.2, 0.25) is 0 Å². The Morgan fingerprint density at radius 3 is 3.20 bits per heavy atom. The molecule has 4 rings (SSSR count). The van der Waals surface area contributed by atoms with Crippen LogP contribution in [0.1, 0.15) is 25.3 Å². The summed E-state index contributed by atoms with van der Waals surface area (Å²) in [4.78, 5) is 17.4. The van der Waals surface area contributed by atoms with Crippen molar-refractivity contribution in [2.24, 2.45) is 4.99 Å². The molecule has 5 nitrogen and oxygen atoms in total. The third-order valence-corrected chi connectivity index (χ3v) is 5.12. The van der Waals surface area contributed by atoms with Gasteiger partial charge in [-0.05, 0) is 25.3 Å². The third kappa shape index (κ3) is 1.61. The van der Waals surface area contributed by atoms with Crippen LogP contribution in [0.5, 0.6) is 0 Å². The second-order valence-electron chi connectivity index (χ2n) is 5.02. The molecule has 1 amide bonds. The standard InChI is InChI=1S/C14H13N3O2S/c1-7-9-3-2-4-19-11-10(9)13(14(18)17-7)20-12(11)8-5-15-16-6-8/h5-6,13H,2-4H2,1H3,(H,15,16). The van der Waals surface area contributed by atoms with E-state index in [-0.39, 0.29) is 11.2 Å². The zero-order valence-corrected chi connectivity index (χ0v) is 11.8. The van der Waals surface area contributed by atoms with Crippen molar-refractivity contribution in [3.63, 3.8) is 0 Å². The van der Waals surface area contributed by atoms with E-state index in [4.69, 9.17) is 4.74 Å². The zero-order valence-electron chi connectivity index (χ0n) is 11.0. The van der Waals surface area contributed by atoms with E-state index in [0.29, 0.717) is 6.61 Å². The van der Waals surface area contributed by atoms with Crippen LogP contribution in [-0.2, 0) is 9.53 Å². The van der Waals surface area contributed by atoms with Gasteiger partial charge in [-0.15, -0.1) is 11.8 Å². The van der Waals surface area contributed by atoms with Crippen LogP contribution in [0.25, 0.3) is 4.91 Å². The van der Waals surface area contributed by atoms with Crippen LogP contribution in [0.15, 0.2) is 34.3 Å². The molecule has 0 radical (unpaired) electrons. The smallest absolute Gasteiger partial charge is 0.264 e. The number of ether oxygens (including phenoxy) is 1. The van der Waals surface area contributed by atoms with Gasteiger partial charge in [-0.3, -0.25) is 9.89 Å². The van der Waals surface area contributed by atoms with E-state index in [9.17, 15) is 4.79 Å². The van der Waals surface area contributed by atoms with Crippen LogP contribution < -0.4 is 0 Å². The number of nitrogens with zero attached hydrogens (tertiary/aromatic N) is 2. The van der Waals surface area contributed by atoms with Crippen LogP contribution in [0, 0.1) is 0 Å². The highest BCUT2D eigenvalue weighted by Gasteiger charge is 2.42. The Bertz CT molecular complexity index is 685. The van der Waals surface area contributed by atoms with Crippen molar-refractivity contribution >= 4 is 28.3 Å². The highest BCUT2D eigenvalue weighted by molar-refractivity contribution is 8.10. The molecule has 1 unspecified atom stereocenters. The van der Waals surface area contributed by atoms with E-state index in [0.717, 1.165) is 40.4 Å². The van der Waals surface area contributed by atoms with Crippen LogP contribution in [0.4, 0.5) is 0 Å². The molecule has 20 heavy (non-hydrogen) atoms. The fourth-order valence-corrected chi connectivity index (χ4v) is 4.16. The Balaban J connectivity index is 1.93. The fourth-order valence-electron chi connectivity index (χ4n) is 2.88. The predicted octanol–water partition coefficient (Wildman–Crippen LogP) is 2.30. The van der Waals surface area contributed by atoms with Crippen LogP contribution in [0.3, 0.4) is 0 Å². The number of allylic oxidation sites excluding steroid dienone is 2. The minimum absolute atomic E-state index is 0.0762. The van der Waals surface area contributed by atoms with Gasteiger partial charge in [-0.1, -0.05) is 0 Å². The number of aromatic nitrogens is 2. The quantitative estimate of drug-likeness (QED) is 0.860. The lowest BCUT2D eigenvalue weighted by atomic mass is 9.93. The van der Waals surface area contributed by atoms with Gasteiger partial charge in [0, 0.05) is 23.0 Å². The molecular weight excluding hydrogens is 274 g/mol. The Labute approximate surface area is 120 Å². The van der Waals surface area contributed by atoms with E-state index in [1.807, 2.05) is 13.1 Å². The second-order valence-corrected chi connectivity index (χ2v) is 6.14. The first-order chi connectivity index (χ1) is 9.75. The molecule has 0 aliphatic carbocycles. The van der Waals surface area contributed by atoms with E-state index >= 15 is 0 Å². The molecule has 6 heteroatoms. The van der Waals surface area contributed by atoms with Gasteiger partial charge in [-0.2, -0.15) is 5.10 Å². The number of carbonyl (C=O) groups is 1. The summed E-state index contributed by atoms with van der Waals surface area (Å²) in [6, 6.07) is 0. The molecule has 3 aliphatic rings. The maximum absolute atomic E-state index is 12.2. The van der Waals surface area contributed by atoms with Gasteiger partial charge in [0.1, 0.15) is 11.0 Å². The largest absolute Gasteiger partial charge is 0.492 e. The average Bonchev–Trinajstić information content (AvgIpc) is 3.00. The van der Waals surface area contributed by atoms with Gasteiger partial charge in [-0.25, -0.2) is 4.99 Å². The fraction of sp³-hybridized carbons (Fsp3) is 0.357. The summed E-state index contributed by atoms with van der Waals surface area (Å²) in [5.74, 6) is 0.782. The molecule has 1 aromatic heterocycles. The predicted molar refractivity (Wildman–Crippen MR) is 77.2 cm³/mol. The van der Waals surface area contributed by atoms with Crippen molar-refractivity contribution in [2.45, 2.75) is 25.0 Å². The summed E-state index contributed by atoms with van der Waals surface area (Å²) in [5.41, 5.74) is 4.05. The summed E-state index contributed by atoms with van der Waals surface area (Å²) < 4.78 is 5.95. The van der Waals surface area contributed by atoms with Gasteiger partial charge in [0.25, 0.3) is 5.91 Å². The molecule has 0 bridgehead atoms. The van der Waals surface area contributed by atoms with Crippen molar-refractivity contribution < 1.29 is 9.53 Å². The third-order valence-electron chi connectivity index (χ3n) is 3.79. The maximum Gasteiger partial charge on any atom is 0.264 e. The lowest BCUT2D eigenvalue weighted by Gasteiger charge is -2.19. The van der Waals surface area contributed by atoms with Crippen molar-refractivity contribution in [1.29, 1.82) is 0 Å². The highest BCUT2D eigenvalue weighted by atomic mass is 32.2. The molecule has 0 saturated carbocycles. The molecule has 1 atom stereocenters. The lowest BCUT2D eigenvalue weighted by molar-refractivity contribution is -0.116. The average molecular weight is 287 g/mol. The molecule has 1 N–H and O–H groups in total. The van der Waals surface area contributed by atoms with E-state index in [1.54, 1.807) is 6.20 Å². The number of rotatable bonds is 1. The van der Waals surface area contributed by atoms with Gasteiger partial charge < -0.3 is 4.74 Å². The first-order valence-corrected chi connectivity index (χ1v) is 7.49. The number of hydrogen-bond donors (Lipinski definition) is 1. The molecule has 1 aromatic rings. The Morgan fingerprint density at radius 1 is 1.50 bits per heavy atom. The molecule has 4 heterocycles. The highest BCUT2D eigenvalue weighted by Crippen LogP contribution is 2.51. The number of thioether (sulfide) groups is 1. The number of aromatic amines is 1. The van der Waals surface area contributed by atoms with Crippen molar-refractivity contribution in [2.75, 3.05) is 6.61 Å². The van der Waals surface area contributed by atoms with Crippen molar-refractivity contribution in [3.05, 3.63) is 34.9 Å². The normalized spacial score (nSPS) is 25.4. The molecule has 3 aliphatic heterocycles. The molecule has 0 saturated heterocycles. The molecule has 0 fully saturated rings. The number of carbonyl (C=O) groups excluding carboxylic acids is 1. The topological polar surface area (TPSA) is 67.3 Å². The number of amides is 1. The van der Waals surface area contributed by atoms with Crippen LogP contribution >= 0.6 is 11.8 Å². The monoisotopic (exact) mass is 287 g/mol. The summed E-state index contributed by atoms with van der Waals surface area (Å²) >= 11 is 1.53. The first kappa shape index (κ1) is 12.0. The lowest BCUT2D eigenvalue weighted by Crippen LogP contribution is -2.24. The molecular formula is C14H13N3O2S. The Morgan fingerprint density at radius 2 is 2.40 bits per heavy atom. The minimum atomic E-state index is -0.244. The van der Waals surface area contributed by atoms with Crippen molar-refractivity contribution in [3.8, 4) is 0 Å². The van der Waals surface area contributed by atoms with E-state index in [1.165, 1.54) is 17.3 Å². The summed E-state index contributed by atoms with van der Waals surface area (Å²) in [5, 5.41) is 6.56. The molecule has 102 valence electrons. The van der Waals surface area contributed by atoms with Gasteiger partial charge >= 0.3 is 0 Å². The van der Waals surface area contributed by atoms with E-state index in [2.05, 4.69) is 15.2 Å². The molecule has 0 spiro atoms. The van der Waals surface area contributed by atoms with Crippen molar-refractivity contribution in [1.82, 2.24) is 10.2 Å². The van der Waals surface area contributed by atoms with Crippen LogP contribution in [-0.4, -0.2) is 33.7 Å². The number of nitrogens with one attached hydrogen (secondary N) is 1. The molecule has 0 aromatic carbocycles. The Hall–Kier alpha value is -1.82. The number of dihydropyridines is 1. The van der Waals surface area contributed by atoms with Gasteiger partial charge in [0.15, 0.2) is 0 Å². The van der Waals surface area contributed by atoms with Gasteiger partial charge in [0.2, 0.25) is 0 Å². The van der Waals surface area contributed by atoms with E-state index < -0.39 is 0 Å². The Kier molecular flexibility index (Phi) is 2.60. The van der Waals surface area contributed by atoms with Gasteiger partial charge in [0.05, 0.1) is 17.7 Å². The zero-order chi connectivity index (χ0) is 13.7.